The monoisotopic (exact) mass is 218 g/mol. The standard InChI is InChI=1S/C13H18N2O/c1-5-9-15(3)11-7-6-8-12(16-4)13(11)10(2)14/h1,6-8,10H,9,14H2,2-4H3/t10-/m0/s1. The summed E-state index contributed by atoms with van der Waals surface area (Å²) in [6, 6.07) is 5.75. The van der Waals surface area contributed by atoms with E-state index in [-0.39, 0.29) is 6.04 Å². The van der Waals surface area contributed by atoms with Crippen molar-refractivity contribution in [2.24, 2.45) is 5.73 Å². The highest BCUT2D eigenvalue weighted by Crippen LogP contribution is 2.32. The number of benzene rings is 1. The third kappa shape index (κ3) is 2.47. The van der Waals surface area contributed by atoms with Crippen molar-refractivity contribution in [3.63, 3.8) is 0 Å². The molecule has 0 saturated carbocycles. The second-order valence-corrected chi connectivity index (χ2v) is 3.74. The fourth-order valence-electron chi connectivity index (χ4n) is 1.72. The van der Waals surface area contributed by atoms with E-state index in [9.17, 15) is 0 Å². The summed E-state index contributed by atoms with van der Waals surface area (Å²) in [6.07, 6.45) is 5.31. The van der Waals surface area contributed by atoms with Gasteiger partial charge in [-0.25, -0.2) is 0 Å². The minimum Gasteiger partial charge on any atom is -0.496 e. The second-order valence-electron chi connectivity index (χ2n) is 3.74. The molecule has 0 heterocycles. The maximum absolute atomic E-state index is 5.97. The Hall–Kier alpha value is -1.66. The fraction of sp³-hybridized carbons (Fsp3) is 0.385. The predicted molar refractivity (Wildman–Crippen MR) is 67.7 cm³/mol. The van der Waals surface area contributed by atoms with E-state index in [4.69, 9.17) is 16.9 Å². The van der Waals surface area contributed by atoms with Crippen molar-refractivity contribution in [1.82, 2.24) is 0 Å². The molecule has 1 aromatic rings. The van der Waals surface area contributed by atoms with Crippen molar-refractivity contribution in [2.45, 2.75) is 13.0 Å². The molecule has 0 unspecified atom stereocenters. The first-order valence-electron chi connectivity index (χ1n) is 5.19. The normalized spacial score (nSPS) is 11.7. The molecule has 0 fully saturated rings. The average Bonchev–Trinajstić information content (AvgIpc) is 2.28. The Labute approximate surface area is 97.2 Å². The summed E-state index contributed by atoms with van der Waals surface area (Å²) in [7, 11) is 3.59. The van der Waals surface area contributed by atoms with E-state index in [0.717, 1.165) is 17.0 Å². The highest BCUT2D eigenvalue weighted by atomic mass is 16.5. The van der Waals surface area contributed by atoms with E-state index in [1.165, 1.54) is 0 Å². The van der Waals surface area contributed by atoms with Crippen LogP contribution >= 0.6 is 0 Å². The van der Waals surface area contributed by atoms with Crippen LogP contribution in [0.5, 0.6) is 5.75 Å². The van der Waals surface area contributed by atoms with Crippen LogP contribution in [0.3, 0.4) is 0 Å². The van der Waals surface area contributed by atoms with Crippen molar-refractivity contribution >= 4 is 5.69 Å². The van der Waals surface area contributed by atoms with Crippen LogP contribution in [0.4, 0.5) is 5.69 Å². The Morgan fingerprint density at radius 1 is 1.56 bits per heavy atom. The summed E-state index contributed by atoms with van der Waals surface area (Å²) < 4.78 is 5.32. The smallest absolute Gasteiger partial charge is 0.125 e. The first-order valence-corrected chi connectivity index (χ1v) is 5.19. The Kier molecular flexibility index (Phi) is 4.21. The van der Waals surface area contributed by atoms with E-state index in [1.807, 2.05) is 37.1 Å². The third-order valence-corrected chi connectivity index (χ3v) is 2.46. The van der Waals surface area contributed by atoms with E-state index in [1.54, 1.807) is 7.11 Å². The summed E-state index contributed by atoms with van der Waals surface area (Å²) in [5.74, 6) is 3.42. The van der Waals surface area contributed by atoms with E-state index < -0.39 is 0 Å². The first-order chi connectivity index (χ1) is 7.61. The lowest BCUT2D eigenvalue weighted by Crippen LogP contribution is -2.21. The molecular formula is C13H18N2O. The van der Waals surface area contributed by atoms with E-state index >= 15 is 0 Å². The van der Waals surface area contributed by atoms with Gasteiger partial charge < -0.3 is 15.4 Å². The predicted octanol–water partition coefficient (Wildman–Crippen LogP) is 1.78. The molecule has 86 valence electrons. The summed E-state index contributed by atoms with van der Waals surface area (Å²) in [4.78, 5) is 1.99. The molecule has 1 aromatic carbocycles. The van der Waals surface area contributed by atoms with Crippen molar-refractivity contribution in [3.05, 3.63) is 23.8 Å². The molecule has 0 aliphatic rings. The largest absolute Gasteiger partial charge is 0.496 e. The molecule has 16 heavy (non-hydrogen) atoms. The van der Waals surface area contributed by atoms with Gasteiger partial charge in [0.15, 0.2) is 0 Å². The Balaban J connectivity index is 3.22. The topological polar surface area (TPSA) is 38.5 Å². The molecule has 3 heteroatoms. The van der Waals surface area contributed by atoms with Crippen LogP contribution in [-0.4, -0.2) is 20.7 Å². The number of methoxy groups -OCH3 is 1. The average molecular weight is 218 g/mol. The van der Waals surface area contributed by atoms with Crippen LogP contribution in [0, 0.1) is 12.3 Å². The maximum Gasteiger partial charge on any atom is 0.125 e. The van der Waals surface area contributed by atoms with Gasteiger partial charge in [-0.05, 0) is 19.1 Å². The second kappa shape index (κ2) is 5.43. The zero-order valence-corrected chi connectivity index (χ0v) is 10.0. The van der Waals surface area contributed by atoms with Gasteiger partial charge in [-0.3, -0.25) is 0 Å². The van der Waals surface area contributed by atoms with Gasteiger partial charge >= 0.3 is 0 Å². The molecule has 0 spiro atoms. The number of rotatable bonds is 4. The molecule has 0 aromatic heterocycles. The highest BCUT2D eigenvalue weighted by molar-refractivity contribution is 5.60. The van der Waals surface area contributed by atoms with Crippen molar-refractivity contribution in [1.29, 1.82) is 0 Å². The number of nitrogens with zero attached hydrogens (tertiary/aromatic N) is 1. The van der Waals surface area contributed by atoms with E-state index in [2.05, 4.69) is 5.92 Å². The summed E-state index contributed by atoms with van der Waals surface area (Å²) in [6.45, 7) is 2.48. The van der Waals surface area contributed by atoms with Gasteiger partial charge in [-0.15, -0.1) is 6.42 Å². The van der Waals surface area contributed by atoms with Crippen LogP contribution in [-0.2, 0) is 0 Å². The molecule has 1 atom stereocenters. The number of anilines is 1. The summed E-state index contributed by atoms with van der Waals surface area (Å²) in [5, 5.41) is 0. The van der Waals surface area contributed by atoms with Crippen molar-refractivity contribution < 1.29 is 4.74 Å². The van der Waals surface area contributed by atoms with Gasteiger partial charge in [0.25, 0.3) is 0 Å². The number of hydrogen-bond acceptors (Lipinski definition) is 3. The Bertz CT molecular complexity index is 393. The van der Waals surface area contributed by atoms with E-state index in [0.29, 0.717) is 6.54 Å². The van der Waals surface area contributed by atoms with Crippen LogP contribution in [0.25, 0.3) is 0 Å². The van der Waals surface area contributed by atoms with Crippen LogP contribution in [0.2, 0.25) is 0 Å². The maximum atomic E-state index is 5.97. The van der Waals surface area contributed by atoms with Gasteiger partial charge in [0.1, 0.15) is 5.75 Å². The zero-order chi connectivity index (χ0) is 12.1. The number of hydrogen-bond donors (Lipinski definition) is 1. The SMILES string of the molecule is C#CCN(C)c1cccc(OC)c1[C@H](C)N. The van der Waals surface area contributed by atoms with Crippen molar-refractivity contribution in [2.75, 3.05) is 25.6 Å². The van der Waals surface area contributed by atoms with Crippen molar-refractivity contribution in [3.8, 4) is 18.1 Å². The molecule has 1 rings (SSSR count). The van der Waals surface area contributed by atoms with Gasteiger partial charge in [-0.2, -0.15) is 0 Å². The Morgan fingerprint density at radius 2 is 2.25 bits per heavy atom. The molecule has 2 N–H and O–H groups in total. The first kappa shape index (κ1) is 12.4. The molecular weight excluding hydrogens is 200 g/mol. The third-order valence-electron chi connectivity index (χ3n) is 2.46. The lowest BCUT2D eigenvalue weighted by atomic mass is 10.0. The van der Waals surface area contributed by atoms with Crippen LogP contribution in [0.1, 0.15) is 18.5 Å². The zero-order valence-electron chi connectivity index (χ0n) is 10.0. The van der Waals surface area contributed by atoms with Crippen LogP contribution < -0.4 is 15.4 Å². The number of nitrogens with two attached hydrogens (primary N) is 1. The van der Waals surface area contributed by atoms with Gasteiger partial charge in [0.2, 0.25) is 0 Å². The fourth-order valence-corrected chi connectivity index (χ4v) is 1.72. The number of ether oxygens (including phenoxy) is 1. The highest BCUT2D eigenvalue weighted by Gasteiger charge is 2.15. The summed E-state index contributed by atoms with van der Waals surface area (Å²) in [5.41, 5.74) is 7.98. The van der Waals surface area contributed by atoms with Gasteiger partial charge in [0, 0.05) is 24.3 Å². The molecule has 0 aliphatic carbocycles. The molecule has 0 amide bonds. The molecule has 0 bridgehead atoms. The molecule has 0 aliphatic heterocycles. The van der Waals surface area contributed by atoms with Crippen LogP contribution in [0.15, 0.2) is 18.2 Å². The van der Waals surface area contributed by atoms with Gasteiger partial charge in [-0.1, -0.05) is 12.0 Å². The minimum atomic E-state index is -0.0913. The minimum absolute atomic E-state index is 0.0913. The molecule has 3 nitrogen and oxygen atoms in total. The quantitative estimate of drug-likeness (QED) is 0.783. The lowest BCUT2D eigenvalue weighted by molar-refractivity contribution is 0.407. The Morgan fingerprint density at radius 3 is 2.75 bits per heavy atom. The number of terminal acetylenes is 1. The summed E-state index contributed by atoms with van der Waals surface area (Å²) >= 11 is 0. The molecule has 0 saturated heterocycles. The van der Waals surface area contributed by atoms with Gasteiger partial charge in [0.05, 0.1) is 13.7 Å². The lowest BCUT2D eigenvalue weighted by Gasteiger charge is -2.23. The molecule has 0 radical (unpaired) electrons.